The average molecular weight is 365 g/mol. The number of aryl methyl sites for hydroxylation is 1. The first kappa shape index (κ1) is 17.3. The SMILES string of the molecule is Cc1cc(Nc2ncnc(N3CCN(Cc4ccccc4)CC3)c2N)no1. The van der Waals surface area contributed by atoms with Gasteiger partial charge in [-0.25, -0.2) is 9.97 Å². The summed E-state index contributed by atoms with van der Waals surface area (Å²) in [7, 11) is 0. The Hall–Kier alpha value is -3.13. The summed E-state index contributed by atoms with van der Waals surface area (Å²) in [6.45, 7) is 6.47. The lowest BCUT2D eigenvalue weighted by molar-refractivity contribution is 0.249. The van der Waals surface area contributed by atoms with Crippen molar-refractivity contribution < 1.29 is 4.52 Å². The molecule has 0 saturated carbocycles. The maximum Gasteiger partial charge on any atom is 0.175 e. The number of nitrogen functional groups attached to an aromatic ring is 1. The van der Waals surface area contributed by atoms with Crippen molar-refractivity contribution in [2.24, 2.45) is 0 Å². The van der Waals surface area contributed by atoms with Crippen LogP contribution in [0.5, 0.6) is 0 Å². The molecule has 0 radical (unpaired) electrons. The zero-order chi connectivity index (χ0) is 18.6. The molecule has 0 bridgehead atoms. The Morgan fingerprint density at radius 3 is 2.59 bits per heavy atom. The van der Waals surface area contributed by atoms with Crippen molar-refractivity contribution in [3.63, 3.8) is 0 Å². The van der Waals surface area contributed by atoms with Crippen molar-refractivity contribution >= 4 is 23.1 Å². The number of anilines is 4. The summed E-state index contributed by atoms with van der Waals surface area (Å²) in [5.41, 5.74) is 8.18. The fraction of sp³-hybridized carbons (Fsp3) is 0.316. The van der Waals surface area contributed by atoms with Crippen LogP contribution in [0.1, 0.15) is 11.3 Å². The number of nitrogens with two attached hydrogens (primary N) is 1. The lowest BCUT2D eigenvalue weighted by atomic mass is 10.2. The molecule has 1 aromatic carbocycles. The maximum atomic E-state index is 6.33. The fourth-order valence-corrected chi connectivity index (χ4v) is 3.24. The van der Waals surface area contributed by atoms with E-state index in [1.165, 1.54) is 11.9 Å². The molecule has 1 fully saturated rings. The molecule has 0 aliphatic carbocycles. The molecule has 1 aliphatic rings. The number of aromatic nitrogens is 3. The van der Waals surface area contributed by atoms with Gasteiger partial charge in [-0.1, -0.05) is 35.5 Å². The van der Waals surface area contributed by atoms with Gasteiger partial charge in [0.15, 0.2) is 17.5 Å². The molecular weight excluding hydrogens is 342 g/mol. The summed E-state index contributed by atoms with van der Waals surface area (Å²) in [6.07, 6.45) is 1.53. The van der Waals surface area contributed by atoms with Crippen molar-refractivity contribution in [1.82, 2.24) is 20.0 Å². The van der Waals surface area contributed by atoms with E-state index in [0.717, 1.165) is 44.3 Å². The lowest BCUT2D eigenvalue weighted by Gasteiger charge is -2.35. The van der Waals surface area contributed by atoms with Gasteiger partial charge in [0, 0.05) is 38.8 Å². The number of piperazine rings is 1. The number of hydrogen-bond acceptors (Lipinski definition) is 8. The van der Waals surface area contributed by atoms with Gasteiger partial charge in [-0.15, -0.1) is 0 Å². The van der Waals surface area contributed by atoms with E-state index in [1.807, 2.05) is 13.0 Å². The van der Waals surface area contributed by atoms with E-state index in [9.17, 15) is 0 Å². The van der Waals surface area contributed by atoms with Crippen molar-refractivity contribution in [3.8, 4) is 0 Å². The van der Waals surface area contributed by atoms with Crippen molar-refractivity contribution in [1.29, 1.82) is 0 Å². The van der Waals surface area contributed by atoms with Crippen LogP contribution >= 0.6 is 0 Å². The molecule has 3 N–H and O–H groups in total. The van der Waals surface area contributed by atoms with Gasteiger partial charge in [0.05, 0.1) is 0 Å². The first-order valence-corrected chi connectivity index (χ1v) is 9.01. The van der Waals surface area contributed by atoms with Crippen LogP contribution in [0.4, 0.5) is 23.1 Å². The van der Waals surface area contributed by atoms with Gasteiger partial charge in [-0.3, -0.25) is 4.90 Å². The Bertz CT molecular complexity index is 888. The van der Waals surface area contributed by atoms with Crippen LogP contribution < -0.4 is 16.0 Å². The fourth-order valence-electron chi connectivity index (χ4n) is 3.24. The van der Waals surface area contributed by atoms with Crippen LogP contribution in [-0.2, 0) is 6.54 Å². The molecule has 0 unspecified atom stereocenters. The molecule has 27 heavy (non-hydrogen) atoms. The average Bonchev–Trinajstić information content (AvgIpc) is 3.10. The Morgan fingerprint density at radius 2 is 1.89 bits per heavy atom. The van der Waals surface area contributed by atoms with Crippen LogP contribution in [0, 0.1) is 6.92 Å². The maximum absolute atomic E-state index is 6.33. The number of benzene rings is 1. The lowest BCUT2D eigenvalue weighted by Crippen LogP contribution is -2.46. The monoisotopic (exact) mass is 365 g/mol. The zero-order valence-corrected chi connectivity index (χ0v) is 15.3. The molecule has 8 nitrogen and oxygen atoms in total. The third kappa shape index (κ3) is 4.01. The second-order valence-corrected chi connectivity index (χ2v) is 6.66. The quantitative estimate of drug-likeness (QED) is 0.712. The van der Waals surface area contributed by atoms with Gasteiger partial charge in [0.2, 0.25) is 0 Å². The van der Waals surface area contributed by atoms with E-state index >= 15 is 0 Å². The standard InChI is InChI=1S/C19H23N7O/c1-14-11-16(24-27-14)23-18-17(20)19(22-13-21-18)26-9-7-25(8-10-26)12-15-5-3-2-4-6-15/h2-6,11,13H,7-10,12,20H2,1H3,(H,21,22,23,24). The topological polar surface area (TPSA) is 96.3 Å². The highest BCUT2D eigenvalue weighted by Gasteiger charge is 2.21. The van der Waals surface area contributed by atoms with E-state index in [1.54, 1.807) is 6.07 Å². The van der Waals surface area contributed by atoms with Gasteiger partial charge < -0.3 is 20.5 Å². The molecule has 3 heterocycles. The van der Waals surface area contributed by atoms with Crippen LogP contribution in [0.25, 0.3) is 0 Å². The van der Waals surface area contributed by atoms with Gasteiger partial charge in [0.1, 0.15) is 17.8 Å². The first-order valence-electron chi connectivity index (χ1n) is 9.01. The number of hydrogen-bond donors (Lipinski definition) is 2. The van der Waals surface area contributed by atoms with Crippen LogP contribution in [-0.4, -0.2) is 46.2 Å². The molecule has 0 spiro atoms. The minimum atomic E-state index is 0.523. The minimum Gasteiger partial charge on any atom is -0.393 e. The van der Waals surface area contributed by atoms with Crippen molar-refractivity contribution in [3.05, 3.63) is 54.0 Å². The largest absolute Gasteiger partial charge is 0.393 e. The molecule has 0 atom stereocenters. The van der Waals surface area contributed by atoms with Gasteiger partial charge in [0.25, 0.3) is 0 Å². The third-order valence-electron chi connectivity index (χ3n) is 4.66. The van der Waals surface area contributed by atoms with Gasteiger partial charge in [-0.2, -0.15) is 0 Å². The predicted octanol–water partition coefficient (Wildman–Crippen LogP) is 2.42. The van der Waals surface area contributed by atoms with E-state index in [4.69, 9.17) is 10.3 Å². The molecule has 3 aromatic rings. The minimum absolute atomic E-state index is 0.523. The molecule has 1 saturated heterocycles. The highest BCUT2D eigenvalue weighted by atomic mass is 16.5. The second kappa shape index (κ2) is 7.63. The molecule has 0 amide bonds. The summed E-state index contributed by atoms with van der Waals surface area (Å²) >= 11 is 0. The molecular formula is C19H23N7O. The Labute approximate surface area is 158 Å². The Balaban J connectivity index is 1.41. The summed E-state index contributed by atoms with van der Waals surface area (Å²) in [6, 6.07) is 12.3. The molecule has 2 aromatic heterocycles. The second-order valence-electron chi connectivity index (χ2n) is 6.66. The smallest absolute Gasteiger partial charge is 0.175 e. The van der Waals surface area contributed by atoms with E-state index in [0.29, 0.717) is 17.3 Å². The first-order chi connectivity index (χ1) is 13.2. The summed E-state index contributed by atoms with van der Waals surface area (Å²) in [5.74, 6) is 2.60. The Morgan fingerprint density at radius 1 is 1.11 bits per heavy atom. The van der Waals surface area contributed by atoms with Crippen molar-refractivity contribution in [2.45, 2.75) is 13.5 Å². The normalized spacial score (nSPS) is 15.1. The predicted molar refractivity (Wildman–Crippen MR) is 105 cm³/mol. The van der Waals surface area contributed by atoms with Crippen LogP contribution in [0.15, 0.2) is 47.2 Å². The highest BCUT2D eigenvalue weighted by Crippen LogP contribution is 2.29. The molecule has 8 heteroatoms. The molecule has 4 rings (SSSR count). The van der Waals surface area contributed by atoms with E-state index < -0.39 is 0 Å². The number of nitrogens with zero attached hydrogens (tertiary/aromatic N) is 5. The number of nitrogens with one attached hydrogen (secondary N) is 1. The van der Waals surface area contributed by atoms with Gasteiger partial charge >= 0.3 is 0 Å². The van der Waals surface area contributed by atoms with Crippen molar-refractivity contribution in [2.75, 3.05) is 42.1 Å². The number of rotatable bonds is 5. The molecule has 140 valence electrons. The van der Waals surface area contributed by atoms with E-state index in [2.05, 4.69) is 54.5 Å². The van der Waals surface area contributed by atoms with Crippen LogP contribution in [0.2, 0.25) is 0 Å². The van der Waals surface area contributed by atoms with Crippen LogP contribution in [0.3, 0.4) is 0 Å². The highest BCUT2D eigenvalue weighted by molar-refractivity contribution is 5.77. The zero-order valence-electron chi connectivity index (χ0n) is 15.3. The Kier molecular flexibility index (Phi) is 4.88. The molecule has 1 aliphatic heterocycles. The van der Waals surface area contributed by atoms with Gasteiger partial charge in [-0.05, 0) is 12.5 Å². The summed E-state index contributed by atoms with van der Waals surface area (Å²) in [5, 5.41) is 7.02. The third-order valence-corrected chi connectivity index (χ3v) is 4.66. The summed E-state index contributed by atoms with van der Waals surface area (Å²) in [4.78, 5) is 13.3. The van der Waals surface area contributed by atoms with E-state index in [-0.39, 0.29) is 0 Å². The summed E-state index contributed by atoms with van der Waals surface area (Å²) < 4.78 is 5.07.